The monoisotopic (exact) mass is 409 g/mol. The number of amides is 1. The number of carbonyl (C=O) groups is 1. The summed E-state index contributed by atoms with van der Waals surface area (Å²) in [5, 5.41) is 2.23. The first-order valence-corrected chi connectivity index (χ1v) is 11.9. The molecule has 0 N–H and O–H groups in total. The molecule has 1 aromatic carbocycles. The van der Waals surface area contributed by atoms with Gasteiger partial charge in [0, 0.05) is 49.3 Å². The Balaban J connectivity index is 1.22. The van der Waals surface area contributed by atoms with Crippen LogP contribution in [0.15, 0.2) is 29.6 Å². The van der Waals surface area contributed by atoms with Gasteiger partial charge in [-0.05, 0) is 73.2 Å². The number of carbonyl (C=O) groups excluding carboxylic acids is 1. The molecule has 1 atom stereocenters. The maximum absolute atomic E-state index is 13.1. The zero-order valence-corrected chi connectivity index (χ0v) is 18.4. The van der Waals surface area contributed by atoms with Crippen LogP contribution in [0.2, 0.25) is 0 Å². The highest BCUT2D eigenvalue weighted by molar-refractivity contribution is 7.10. The van der Waals surface area contributed by atoms with Crippen LogP contribution < -0.4 is 4.90 Å². The molecule has 5 heteroatoms. The fourth-order valence-corrected chi connectivity index (χ4v) is 6.00. The average molecular weight is 410 g/mol. The number of rotatable bonds is 4. The standard InChI is InChI=1S/C24H31N3OS/c1-17-4-3-5-21(18(17)2)25-11-13-26(14-12-25)23(28)16-27-10-8-22-20(9-15-29-22)24(27)19-6-7-19/h3-5,9,15,19,24H,6-8,10-14,16H2,1-2H3/t24-/m0/s1. The lowest BCUT2D eigenvalue weighted by Gasteiger charge is -2.40. The molecule has 154 valence electrons. The highest BCUT2D eigenvalue weighted by Gasteiger charge is 2.40. The Hall–Kier alpha value is -1.85. The van der Waals surface area contributed by atoms with E-state index in [1.807, 2.05) is 11.3 Å². The first-order chi connectivity index (χ1) is 14.1. The third-order valence-electron chi connectivity index (χ3n) is 7.07. The molecule has 3 heterocycles. The second kappa shape index (κ2) is 7.77. The summed E-state index contributed by atoms with van der Waals surface area (Å²) in [5.41, 5.74) is 5.53. The Morgan fingerprint density at radius 1 is 1.07 bits per heavy atom. The molecule has 2 aliphatic heterocycles. The maximum atomic E-state index is 13.1. The van der Waals surface area contributed by atoms with E-state index < -0.39 is 0 Å². The summed E-state index contributed by atoms with van der Waals surface area (Å²) in [6, 6.07) is 9.31. The van der Waals surface area contributed by atoms with Crippen LogP contribution in [0.5, 0.6) is 0 Å². The van der Waals surface area contributed by atoms with Crippen molar-refractivity contribution in [1.29, 1.82) is 0 Å². The molecule has 0 spiro atoms. The molecule has 0 unspecified atom stereocenters. The minimum atomic E-state index is 0.315. The summed E-state index contributed by atoms with van der Waals surface area (Å²) in [6.45, 7) is 9.51. The van der Waals surface area contributed by atoms with Crippen LogP contribution in [0.3, 0.4) is 0 Å². The van der Waals surface area contributed by atoms with Crippen molar-refractivity contribution in [2.24, 2.45) is 5.92 Å². The number of nitrogens with zero attached hydrogens (tertiary/aromatic N) is 3. The fraction of sp³-hybridized carbons (Fsp3) is 0.542. The highest BCUT2D eigenvalue weighted by Crippen LogP contribution is 2.48. The van der Waals surface area contributed by atoms with Crippen LogP contribution in [0.1, 0.15) is 40.5 Å². The second-order valence-corrected chi connectivity index (χ2v) is 9.89. The molecular weight excluding hydrogens is 378 g/mol. The molecule has 2 aromatic rings. The third kappa shape index (κ3) is 3.71. The van der Waals surface area contributed by atoms with Gasteiger partial charge in [-0.25, -0.2) is 0 Å². The Kier molecular flexibility index (Phi) is 5.12. The molecule has 29 heavy (non-hydrogen) atoms. The third-order valence-corrected chi connectivity index (χ3v) is 8.07. The molecule has 1 amide bonds. The first kappa shape index (κ1) is 19.1. The molecule has 1 saturated carbocycles. The number of hydrogen-bond donors (Lipinski definition) is 0. The van der Waals surface area contributed by atoms with E-state index in [-0.39, 0.29) is 0 Å². The number of hydrogen-bond acceptors (Lipinski definition) is 4. The number of anilines is 1. The molecule has 2 fully saturated rings. The van der Waals surface area contributed by atoms with Crippen molar-refractivity contribution in [3.05, 3.63) is 51.2 Å². The van der Waals surface area contributed by atoms with Crippen molar-refractivity contribution in [2.75, 3.05) is 44.2 Å². The Labute approximate surface area is 178 Å². The van der Waals surface area contributed by atoms with E-state index in [2.05, 4.69) is 58.2 Å². The molecular formula is C24H31N3OS. The smallest absolute Gasteiger partial charge is 0.236 e. The van der Waals surface area contributed by atoms with Crippen molar-refractivity contribution >= 4 is 22.9 Å². The number of piperazine rings is 1. The van der Waals surface area contributed by atoms with E-state index in [0.717, 1.165) is 45.1 Å². The van der Waals surface area contributed by atoms with Crippen LogP contribution in [-0.4, -0.2) is 55.0 Å². The SMILES string of the molecule is Cc1cccc(N2CCN(C(=O)CN3CCc4sccc4[C@@H]3C3CC3)CC2)c1C. The number of fused-ring (bicyclic) bond motifs is 1. The van der Waals surface area contributed by atoms with E-state index in [4.69, 9.17) is 0 Å². The van der Waals surface area contributed by atoms with Crippen molar-refractivity contribution in [3.63, 3.8) is 0 Å². The molecule has 4 nitrogen and oxygen atoms in total. The van der Waals surface area contributed by atoms with E-state index in [9.17, 15) is 4.79 Å². The fourth-order valence-electron chi connectivity index (χ4n) is 5.09. The lowest BCUT2D eigenvalue weighted by Crippen LogP contribution is -2.52. The average Bonchev–Trinajstić information content (AvgIpc) is 3.46. The Morgan fingerprint density at radius 2 is 1.86 bits per heavy atom. The zero-order valence-electron chi connectivity index (χ0n) is 17.6. The molecule has 1 aliphatic carbocycles. The summed E-state index contributed by atoms with van der Waals surface area (Å²) in [4.78, 5) is 21.7. The van der Waals surface area contributed by atoms with Crippen LogP contribution >= 0.6 is 11.3 Å². The zero-order chi connectivity index (χ0) is 20.0. The summed E-state index contributed by atoms with van der Waals surface area (Å²) in [5.74, 6) is 1.08. The van der Waals surface area contributed by atoms with Gasteiger partial charge in [0.05, 0.1) is 6.54 Å². The number of thiophene rings is 1. The van der Waals surface area contributed by atoms with Gasteiger partial charge in [-0.2, -0.15) is 0 Å². The number of aryl methyl sites for hydroxylation is 1. The molecule has 1 saturated heterocycles. The first-order valence-electron chi connectivity index (χ1n) is 11.0. The van der Waals surface area contributed by atoms with Crippen LogP contribution in [-0.2, 0) is 11.2 Å². The summed E-state index contributed by atoms with van der Waals surface area (Å²) in [7, 11) is 0. The van der Waals surface area contributed by atoms with Gasteiger partial charge >= 0.3 is 0 Å². The second-order valence-electron chi connectivity index (χ2n) is 8.89. The van der Waals surface area contributed by atoms with Crippen molar-refractivity contribution in [1.82, 2.24) is 9.80 Å². The minimum absolute atomic E-state index is 0.315. The lowest BCUT2D eigenvalue weighted by molar-refractivity contribution is -0.133. The van der Waals surface area contributed by atoms with Gasteiger partial charge in [-0.15, -0.1) is 11.3 Å². The van der Waals surface area contributed by atoms with Gasteiger partial charge < -0.3 is 9.80 Å². The van der Waals surface area contributed by atoms with E-state index in [0.29, 0.717) is 18.5 Å². The summed E-state index contributed by atoms with van der Waals surface area (Å²) < 4.78 is 0. The molecule has 5 rings (SSSR count). The van der Waals surface area contributed by atoms with Crippen LogP contribution in [0.4, 0.5) is 5.69 Å². The van der Waals surface area contributed by atoms with Crippen molar-refractivity contribution in [2.45, 2.75) is 39.2 Å². The molecule has 3 aliphatic rings. The molecule has 0 bridgehead atoms. The normalized spacial score (nSPS) is 22.6. The van der Waals surface area contributed by atoms with E-state index in [1.165, 1.54) is 35.2 Å². The predicted octanol–water partition coefficient (Wildman–Crippen LogP) is 4.02. The largest absolute Gasteiger partial charge is 0.368 e. The van der Waals surface area contributed by atoms with E-state index >= 15 is 0 Å². The van der Waals surface area contributed by atoms with Gasteiger partial charge in [0.1, 0.15) is 0 Å². The summed E-state index contributed by atoms with van der Waals surface area (Å²) in [6.07, 6.45) is 3.74. The van der Waals surface area contributed by atoms with E-state index in [1.54, 1.807) is 4.88 Å². The quantitative estimate of drug-likeness (QED) is 0.763. The minimum Gasteiger partial charge on any atom is -0.368 e. The van der Waals surface area contributed by atoms with Crippen molar-refractivity contribution < 1.29 is 4.79 Å². The maximum Gasteiger partial charge on any atom is 0.236 e. The topological polar surface area (TPSA) is 26.8 Å². The van der Waals surface area contributed by atoms with Crippen LogP contribution in [0.25, 0.3) is 0 Å². The van der Waals surface area contributed by atoms with Crippen molar-refractivity contribution in [3.8, 4) is 0 Å². The predicted molar refractivity (Wildman–Crippen MR) is 120 cm³/mol. The molecule has 0 radical (unpaired) electrons. The van der Waals surface area contributed by atoms with Gasteiger partial charge in [0.2, 0.25) is 5.91 Å². The molecule has 1 aromatic heterocycles. The van der Waals surface area contributed by atoms with Crippen LogP contribution in [0, 0.1) is 19.8 Å². The Bertz CT molecular complexity index is 895. The highest BCUT2D eigenvalue weighted by atomic mass is 32.1. The van der Waals surface area contributed by atoms with Gasteiger partial charge in [-0.1, -0.05) is 12.1 Å². The van der Waals surface area contributed by atoms with Gasteiger partial charge in [0.15, 0.2) is 0 Å². The van der Waals surface area contributed by atoms with Gasteiger partial charge in [0.25, 0.3) is 0 Å². The summed E-state index contributed by atoms with van der Waals surface area (Å²) >= 11 is 1.90. The van der Waals surface area contributed by atoms with Gasteiger partial charge in [-0.3, -0.25) is 9.69 Å². The number of benzene rings is 1. The Morgan fingerprint density at radius 3 is 2.62 bits per heavy atom. The lowest BCUT2D eigenvalue weighted by atomic mass is 9.96.